The largest absolute Gasteiger partial charge is 0.507 e. The van der Waals surface area contributed by atoms with Crippen molar-refractivity contribution in [2.45, 2.75) is 5.60 Å². The Labute approximate surface area is 210 Å². The van der Waals surface area contributed by atoms with E-state index in [1.54, 1.807) is 72.8 Å². The minimum atomic E-state index is -1.96. The lowest BCUT2D eigenvalue weighted by Crippen LogP contribution is -2.43. The highest BCUT2D eigenvalue weighted by molar-refractivity contribution is 9.10. The maximum atomic E-state index is 13.1. The van der Waals surface area contributed by atoms with Gasteiger partial charge in [-0.2, -0.15) is 15.3 Å². The zero-order valence-corrected chi connectivity index (χ0v) is 20.0. The minimum Gasteiger partial charge on any atom is -0.507 e. The first kappa shape index (κ1) is 24.0. The van der Waals surface area contributed by atoms with Crippen molar-refractivity contribution in [1.29, 1.82) is 0 Å². The van der Waals surface area contributed by atoms with E-state index in [0.29, 0.717) is 28.1 Å². The van der Waals surface area contributed by atoms with E-state index in [1.165, 1.54) is 12.3 Å². The molecule has 0 aliphatic rings. The van der Waals surface area contributed by atoms with Gasteiger partial charge in [-0.05, 0) is 47.5 Å². The summed E-state index contributed by atoms with van der Waals surface area (Å²) in [6.07, 6.45) is 1.28. The van der Waals surface area contributed by atoms with Crippen LogP contribution in [0.1, 0.15) is 16.7 Å². The molecule has 0 radical (unpaired) electrons. The third-order valence-electron chi connectivity index (χ3n) is 5.18. The Morgan fingerprint density at radius 2 is 1.40 bits per heavy atom. The summed E-state index contributed by atoms with van der Waals surface area (Å²) in [5.74, 6) is -0.790. The van der Waals surface area contributed by atoms with Gasteiger partial charge in [-0.15, -0.1) is 0 Å². The van der Waals surface area contributed by atoms with Crippen LogP contribution in [0, 0.1) is 0 Å². The van der Waals surface area contributed by atoms with E-state index < -0.39 is 11.5 Å². The lowest BCUT2D eigenvalue weighted by Gasteiger charge is -2.27. The van der Waals surface area contributed by atoms with Gasteiger partial charge in [0.15, 0.2) is 5.60 Å². The fourth-order valence-electron chi connectivity index (χ4n) is 3.39. The van der Waals surface area contributed by atoms with Gasteiger partial charge in [-0.3, -0.25) is 4.79 Å². The third-order valence-corrected chi connectivity index (χ3v) is 5.67. The molecule has 4 aromatic carbocycles. The van der Waals surface area contributed by atoms with Crippen molar-refractivity contribution in [3.05, 3.63) is 124 Å². The Morgan fingerprint density at radius 3 is 2.00 bits per heavy atom. The van der Waals surface area contributed by atoms with Crippen molar-refractivity contribution >= 4 is 39.4 Å². The van der Waals surface area contributed by atoms with Gasteiger partial charge >= 0.3 is 0 Å². The first-order valence-corrected chi connectivity index (χ1v) is 11.4. The van der Waals surface area contributed by atoms with Gasteiger partial charge in [-0.1, -0.05) is 82.7 Å². The van der Waals surface area contributed by atoms with Crippen LogP contribution in [0.4, 0.5) is 11.4 Å². The van der Waals surface area contributed by atoms with Crippen LogP contribution >= 0.6 is 15.9 Å². The van der Waals surface area contributed by atoms with Crippen molar-refractivity contribution in [2.75, 3.05) is 0 Å². The first-order chi connectivity index (χ1) is 17.0. The number of nitrogens with zero attached hydrogens (tertiary/aromatic N) is 3. The second-order valence-corrected chi connectivity index (χ2v) is 8.48. The van der Waals surface area contributed by atoms with Crippen LogP contribution in [0.15, 0.2) is 123 Å². The van der Waals surface area contributed by atoms with Gasteiger partial charge in [0.25, 0.3) is 5.91 Å². The number of azo groups is 1. The molecule has 1 amide bonds. The van der Waals surface area contributed by atoms with Crippen LogP contribution < -0.4 is 5.43 Å². The molecular weight excluding hydrogens is 508 g/mol. The van der Waals surface area contributed by atoms with Gasteiger partial charge in [-0.25, -0.2) is 5.43 Å². The molecule has 8 heteroatoms. The second-order valence-electron chi connectivity index (χ2n) is 7.56. The monoisotopic (exact) mass is 528 g/mol. The molecule has 0 bridgehead atoms. The van der Waals surface area contributed by atoms with Crippen molar-refractivity contribution in [3.8, 4) is 5.75 Å². The maximum Gasteiger partial charge on any atom is 0.281 e. The number of hydrazone groups is 1. The normalized spacial score (nSPS) is 11.7. The van der Waals surface area contributed by atoms with Crippen molar-refractivity contribution in [1.82, 2.24) is 5.43 Å². The Bertz CT molecular complexity index is 1340. The highest BCUT2D eigenvalue weighted by Crippen LogP contribution is 2.30. The predicted octanol–water partition coefficient (Wildman–Crippen LogP) is 5.96. The molecule has 0 heterocycles. The number of benzene rings is 4. The summed E-state index contributed by atoms with van der Waals surface area (Å²) in [6.45, 7) is 0. The summed E-state index contributed by atoms with van der Waals surface area (Å²) in [7, 11) is 0. The smallest absolute Gasteiger partial charge is 0.281 e. The number of nitrogens with one attached hydrogen (secondary N) is 1. The first-order valence-electron chi connectivity index (χ1n) is 10.6. The molecular formula is C27H21BrN4O3. The Kier molecular flexibility index (Phi) is 7.45. The zero-order valence-electron chi connectivity index (χ0n) is 18.4. The predicted molar refractivity (Wildman–Crippen MR) is 138 cm³/mol. The molecule has 0 saturated carbocycles. The quantitative estimate of drug-likeness (QED) is 0.156. The number of aromatic hydroxyl groups is 1. The maximum absolute atomic E-state index is 13.1. The number of aliphatic hydroxyl groups is 1. The highest BCUT2D eigenvalue weighted by atomic mass is 79.9. The molecule has 0 fully saturated rings. The number of hydrogen-bond acceptors (Lipinski definition) is 6. The molecule has 4 rings (SSSR count). The summed E-state index contributed by atoms with van der Waals surface area (Å²) < 4.78 is 0.884. The number of phenolic OH excluding ortho intramolecular Hbond substituents is 1. The van der Waals surface area contributed by atoms with Gasteiger partial charge in [0, 0.05) is 10.0 Å². The van der Waals surface area contributed by atoms with Gasteiger partial charge in [0.2, 0.25) is 0 Å². The summed E-state index contributed by atoms with van der Waals surface area (Å²) in [4.78, 5) is 13.1. The molecule has 7 nitrogen and oxygen atoms in total. The van der Waals surface area contributed by atoms with Crippen LogP contribution in [-0.4, -0.2) is 22.3 Å². The number of amides is 1. The van der Waals surface area contributed by atoms with E-state index in [2.05, 4.69) is 36.7 Å². The average molecular weight is 529 g/mol. The fraction of sp³-hybridized carbons (Fsp3) is 0.0370. The molecule has 35 heavy (non-hydrogen) atoms. The summed E-state index contributed by atoms with van der Waals surface area (Å²) in [6, 6.07) is 29.3. The topological polar surface area (TPSA) is 107 Å². The molecule has 0 aromatic heterocycles. The summed E-state index contributed by atoms with van der Waals surface area (Å²) in [5.41, 5.74) is 2.70. The van der Waals surface area contributed by atoms with E-state index in [0.717, 1.165) is 4.47 Å². The highest BCUT2D eigenvalue weighted by Gasteiger charge is 2.39. The van der Waals surface area contributed by atoms with Crippen LogP contribution in [-0.2, 0) is 10.4 Å². The summed E-state index contributed by atoms with van der Waals surface area (Å²) >= 11 is 3.39. The lowest BCUT2D eigenvalue weighted by molar-refractivity contribution is -0.136. The molecule has 0 spiro atoms. The number of carbonyl (C=O) groups excluding carboxylic acids is 1. The van der Waals surface area contributed by atoms with Gasteiger partial charge in [0.05, 0.1) is 17.6 Å². The molecule has 174 valence electrons. The number of halogens is 1. The SMILES string of the molecule is O=C(N/N=C/c1cc(N=Nc2cccc(Br)c2)ccc1O)C(O)(c1ccccc1)c1ccccc1. The van der Waals surface area contributed by atoms with E-state index >= 15 is 0 Å². The van der Waals surface area contributed by atoms with Gasteiger partial charge < -0.3 is 10.2 Å². The van der Waals surface area contributed by atoms with E-state index in [4.69, 9.17) is 0 Å². The van der Waals surface area contributed by atoms with E-state index in [-0.39, 0.29) is 5.75 Å². The van der Waals surface area contributed by atoms with Crippen molar-refractivity contribution < 1.29 is 15.0 Å². The Balaban J connectivity index is 1.55. The second kappa shape index (κ2) is 10.9. The number of hydrogen-bond donors (Lipinski definition) is 3. The van der Waals surface area contributed by atoms with Crippen LogP contribution in [0.5, 0.6) is 5.75 Å². The molecule has 0 atom stereocenters. The Hall–Kier alpha value is -4.14. The molecule has 3 N–H and O–H groups in total. The van der Waals surface area contributed by atoms with Gasteiger partial charge in [0.1, 0.15) is 5.75 Å². The Morgan fingerprint density at radius 1 is 0.800 bits per heavy atom. The number of carbonyl (C=O) groups is 1. The molecule has 0 saturated heterocycles. The van der Waals surface area contributed by atoms with Crippen LogP contribution in [0.3, 0.4) is 0 Å². The fourth-order valence-corrected chi connectivity index (χ4v) is 3.78. The van der Waals surface area contributed by atoms with Crippen LogP contribution in [0.2, 0.25) is 0 Å². The lowest BCUT2D eigenvalue weighted by atomic mass is 9.85. The molecule has 4 aromatic rings. The zero-order chi connectivity index (χ0) is 24.7. The molecule has 0 unspecified atom stereocenters. The standard InChI is InChI=1S/C27H21BrN4O3/c28-22-12-7-13-23(17-22)30-31-24-14-15-25(33)19(16-24)18-29-32-26(34)27(35,20-8-3-1-4-9-20)21-10-5-2-6-11-21/h1-18,33,35H,(H,32,34)/b29-18+,31-30?. The van der Waals surface area contributed by atoms with Crippen molar-refractivity contribution in [2.24, 2.45) is 15.3 Å². The van der Waals surface area contributed by atoms with E-state index in [9.17, 15) is 15.0 Å². The van der Waals surface area contributed by atoms with Crippen LogP contribution in [0.25, 0.3) is 0 Å². The minimum absolute atomic E-state index is 0.0502. The summed E-state index contributed by atoms with van der Waals surface area (Å²) in [5, 5.41) is 34.0. The molecule has 0 aliphatic heterocycles. The number of phenols is 1. The molecule has 0 aliphatic carbocycles. The average Bonchev–Trinajstić information content (AvgIpc) is 2.89. The van der Waals surface area contributed by atoms with Crippen molar-refractivity contribution in [3.63, 3.8) is 0 Å². The van der Waals surface area contributed by atoms with E-state index in [1.807, 2.05) is 24.3 Å². The number of rotatable bonds is 7. The third kappa shape index (κ3) is 5.68.